The number of carboxylic acids is 1. The highest BCUT2D eigenvalue weighted by Gasteiger charge is 2.24. The van der Waals surface area contributed by atoms with E-state index in [0.717, 1.165) is 25.7 Å². The van der Waals surface area contributed by atoms with Gasteiger partial charge in [0.25, 0.3) is 0 Å². The smallest absolute Gasteiger partial charge is 0.307 e. The zero-order valence-electron chi connectivity index (χ0n) is 16.6. The first-order valence-electron chi connectivity index (χ1n) is 9.61. The quantitative estimate of drug-likeness (QED) is 0.207. The zero-order chi connectivity index (χ0) is 19.1. The van der Waals surface area contributed by atoms with Crippen LogP contribution in [0.3, 0.4) is 0 Å². The van der Waals surface area contributed by atoms with Gasteiger partial charge in [-0.25, -0.2) is 0 Å². The number of hydrogen-bond donors (Lipinski definition) is 1. The number of hydrogen-bond acceptors (Lipinski definition) is 3. The van der Waals surface area contributed by atoms with Crippen molar-refractivity contribution in [1.82, 2.24) is 0 Å². The highest BCUT2D eigenvalue weighted by Crippen LogP contribution is 2.09. The molecule has 0 fully saturated rings. The van der Waals surface area contributed by atoms with Crippen LogP contribution in [0, 0.1) is 0 Å². The van der Waals surface area contributed by atoms with Crippen molar-refractivity contribution >= 4 is 11.9 Å². The molecule has 0 saturated heterocycles. The molecule has 5 nitrogen and oxygen atoms in total. The largest absolute Gasteiger partial charge is 0.481 e. The van der Waals surface area contributed by atoms with Crippen molar-refractivity contribution < 1.29 is 23.9 Å². The molecule has 0 aliphatic rings. The molecule has 0 saturated carbocycles. The van der Waals surface area contributed by atoms with Crippen LogP contribution in [0.1, 0.15) is 71.1 Å². The van der Waals surface area contributed by atoms with Crippen LogP contribution in [0.25, 0.3) is 0 Å². The first-order valence-corrected chi connectivity index (χ1v) is 9.61. The van der Waals surface area contributed by atoms with E-state index in [4.69, 9.17) is 9.84 Å². The monoisotopic (exact) mass is 356 g/mol. The van der Waals surface area contributed by atoms with E-state index in [1.165, 1.54) is 25.7 Å². The molecule has 0 aromatic heterocycles. The molecule has 0 aliphatic heterocycles. The third kappa shape index (κ3) is 17.3. The van der Waals surface area contributed by atoms with Crippen molar-refractivity contribution in [1.29, 1.82) is 0 Å². The molecule has 1 unspecified atom stereocenters. The molecule has 0 heterocycles. The van der Waals surface area contributed by atoms with Crippen LogP contribution in [-0.4, -0.2) is 55.3 Å². The molecule has 0 aromatic rings. The Morgan fingerprint density at radius 2 is 1.60 bits per heavy atom. The van der Waals surface area contributed by atoms with Crippen LogP contribution >= 0.6 is 0 Å². The Labute approximate surface area is 153 Å². The number of aliphatic carboxylic acids is 1. The lowest BCUT2D eigenvalue weighted by Gasteiger charge is -2.28. The molecule has 0 bridgehead atoms. The molecule has 0 amide bonds. The van der Waals surface area contributed by atoms with E-state index < -0.39 is 12.1 Å². The van der Waals surface area contributed by atoms with Gasteiger partial charge in [0.05, 0.1) is 27.6 Å². The van der Waals surface area contributed by atoms with Crippen LogP contribution in [0.2, 0.25) is 0 Å². The van der Waals surface area contributed by atoms with E-state index in [0.29, 0.717) is 17.4 Å². The second-order valence-corrected chi connectivity index (χ2v) is 7.75. The van der Waals surface area contributed by atoms with Gasteiger partial charge < -0.3 is 14.3 Å². The summed E-state index contributed by atoms with van der Waals surface area (Å²) in [5.41, 5.74) is 0. The maximum atomic E-state index is 11.9. The van der Waals surface area contributed by atoms with Crippen molar-refractivity contribution in [3.63, 3.8) is 0 Å². The molecular formula is C20H38NO4+. The Hall–Kier alpha value is -1.36. The van der Waals surface area contributed by atoms with Gasteiger partial charge in [-0.05, 0) is 32.1 Å². The van der Waals surface area contributed by atoms with Gasteiger partial charge in [0.2, 0.25) is 0 Å². The third-order valence-electron chi connectivity index (χ3n) is 3.84. The van der Waals surface area contributed by atoms with Crippen molar-refractivity contribution in [3.8, 4) is 0 Å². The first-order chi connectivity index (χ1) is 11.7. The standard InChI is InChI=1S/C20H37NO4/c1-5-6-7-8-9-10-11-12-13-14-15-20(24)25-18(16-19(22)23)17-21(2,3)4/h10-11,18H,5-9,12-17H2,1-4H3/p+1/b11-10+. The molecular weight excluding hydrogens is 318 g/mol. The van der Waals surface area contributed by atoms with E-state index in [9.17, 15) is 9.59 Å². The maximum Gasteiger partial charge on any atom is 0.307 e. The normalized spacial score (nSPS) is 13.1. The summed E-state index contributed by atoms with van der Waals surface area (Å²) in [7, 11) is 5.87. The lowest BCUT2D eigenvalue weighted by atomic mass is 10.1. The Balaban J connectivity index is 3.88. The van der Waals surface area contributed by atoms with Crippen LogP contribution in [0.15, 0.2) is 12.2 Å². The summed E-state index contributed by atoms with van der Waals surface area (Å²) in [5.74, 6) is -1.22. The number of rotatable bonds is 15. The number of carboxylic acid groups (broad SMARTS) is 1. The molecule has 25 heavy (non-hydrogen) atoms. The van der Waals surface area contributed by atoms with Gasteiger partial charge in [0.15, 0.2) is 6.10 Å². The third-order valence-corrected chi connectivity index (χ3v) is 3.84. The van der Waals surface area contributed by atoms with E-state index >= 15 is 0 Å². The van der Waals surface area contributed by atoms with Gasteiger partial charge in [0, 0.05) is 6.42 Å². The van der Waals surface area contributed by atoms with Gasteiger partial charge >= 0.3 is 11.9 Å². The molecule has 1 N–H and O–H groups in total. The van der Waals surface area contributed by atoms with E-state index in [1.54, 1.807) is 0 Å². The van der Waals surface area contributed by atoms with E-state index in [1.807, 2.05) is 21.1 Å². The van der Waals surface area contributed by atoms with Gasteiger partial charge in [0.1, 0.15) is 6.54 Å². The minimum absolute atomic E-state index is 0.137. The highest BCUT2D eigenvalue weighted by molar-refractivity contribution is 5.71. The summed E-state index contributed by atoms with van der Waals surface area (Å²) in [4.78, 5) is 22.8. The lowest BCUT2D eigenvalue weighted by Crippen LogP contribution is -2.43. The second kappa shape index (κ2) is 13.9. The summed E-state index contributed by atoms with van der Waals surface area (Å²) in [6, 6.07) is 0. The number of esters is 1. The van der Waals surface area contributed by atoms with E-state index in [2.05, 4.69) is 19.1 Å². The summed E-state index contributed by atoms with van der Waals surface area (Å²) >= 11 is 0. The molecule has 5 heteroatoms. The van der Waals surface area contributed by atoms with Crippen molar-refractivity contribution in [2.45, 2.75) is 77.2 Å². The molecule has 146 valence electrons. The van der Waals surface area contributed by atoms with Crippen molar-refractivity contribution in [2.24, 2.45) is 0 Å². The number of likely N-dealkylation sites (N-methyl/N-ethyl adjacent to an activating group) is 1. The number of carbonyl (C=O) groups is 2. The molecule has 0 spiro atoms. The SMILES string of the molecule is CCCCCC/C=C/CCCCC(=O)OC(CC(=O)O)C[N+](C)(C)C. The van der Waals surface area contributed by atoms with Gasteiger partial charge in [-0.3, -0.25) is 9.59 Å². The predicted molar refractivity (Wildman–Crippen MR) is 101 cm³/mol. The number of quaternary nitrogens is 1. The Bertz CT molecular complexity index is 399. The molecule has 0 aromatic carbocycles. The summed E-state index contributed by atoms with van der Waals surface area (Å²) in [5, 5.41) is 8.95. The summed E-state index contributed by atoms with van der Waals surface area (Å²) < 4.78 is 5.93. The molecule has 1 atom stereocenters. The van der Waals surface area contributed by atoms with Gasteiger partial charge in [-0.15, -0.1) is 0 Å². The number of carbonyl (C=O) groups excluding carboxylic acids is 1. The fraction of sp³-hybridized carbons (Fsp3) is 0.800. The summed E-state index contributed by atoms with van der Waals surface area (Å²) in [6.45, 7) is 2.71. The minimum Gasteiger partial charge on any atom is -0.481 e. The highest BCUT2D eigenvalue weighted by atomic mass is 16.5. The fourth-order valence-corrected chi connectivity index (χ4v) is 2.65. The fourth-order valence-electron chi connectivity index (χ4n) is 2.65. The van der Waals surface area contributed by atoms with Crippen LogP contribution in [-0.2, 0) is 14.3 Å². The second-order valence-electron chi connectivity index (χ2n) is 7.75. The van der Waals surface area contributed by atoms with Crippen molar-refractivity contribution in [3.05, 3.63) is 12.2 Å². The maximum absolute atomic E-state index is 11.9. The van der Waals surface area contributed by atoms with Gasteiger partial charge in [-0.2, -0.15) is 0 Å². The number of allylic oxidation sites excluding steroid dienone is 2. The minimum atomic E-state index is -0.935. The number of unbranched alkanes of at least 4 members (excludes halogenated alkanes) is 6. The topological polar surface area (TPSA) is 63.6 Å². The van der Waals surface area contributed by atoms with Crippen molar-refractivity contribution in [2.75, 3.05) is 27.7 Å². The predicted octanol–water partition coefficient (Wildman–Crippen LogP) is 4.17. The number of nitrogens with zero attached hydrogens (tertiary/aromatic N) is 1. The van der Waals surface area contributed by atoms with Crippen LogP contribution < -0.4 is 0 Å². The van der Waals surface area contributed by atoms with Gasteiger partial charge in [-0.1, -0.05) is 38.3 Å². The van der Waals surface area contributed by atoms with Crippen LogP contribution in [0.5, 0.6) is 0 Å². The van der Waals surface area contributed by atoms with Crippen LogP contribution in [0.4, 0.5) is 0 Å². The summed E-state index contributed by atoms with van der Waals surface area (Å²) in [6.07, 6.45) is 13.1. The zero-order valence-corrected chi connectivity index (χ0v) is 16.6. The first kappa shape index (κ1) is 23.6. The molecule has 0 aliphatic carbocycles. The Morgan fingerprint density at radius 3 is 2.12 bits per heavy atom. The Kier molecular flexibility index (Phi) is 13.1. The van der Waals surface area contributed by atoms with E-state index in [-0.39, 0.29) is 12.4 Å². The molecule has 0 radical (unpaired) electrons. The lowest BCUT2D eigenvalue weighted by molar-refractivity contribution is -0.873. The molecule has 0 rings (SSSR count). The Morgan fingerprint density at radius 1 is 1.00 bits per heavy atom. The average molecular weight is 357 g/mol. The average Bonchev–Trinajstić information content (AvgIpc) is 2.46. The number of ether oxygens (including phenoxy) is 1.